The molecular weight excluding hydrogens is 470 g/mol. The number of hydrogen-bond donors (Lipinski definition) is 1. The van der Waals surface area contributed by atoms with E-state index in [1.165, 1.54) is 12.0 Å². The van der Waals surface area contributed by atoms with Crippen molar-refractivity contribution in [1.82, 2.24) is 0 Å². The number of amides is 1. The van der Waals surface area contributed by atoms with Gasteiger partial charge in [0.25, 0.3) is 11.7 Å². The first-order valence-electron chi connectivity index (χ1n) is 12.3. The number of hydrogen-bond acceptors (Lipinski definition) is 6. The van der Waals surface area contributed by atoms with Gasteiger partial charge >= 0.3 is 0 Å². The van der Waals surface area contributed by atoms with Crippen LogP contribution in [0.15, 0.2) is 72.3 Å². The van der Waals surface area contributed by atoms with Gasteiger partial charge in [-0.2, -0.15) is 0 Å². The van der Waals surface area contributed by atoms with E-state index >= 15 is 0 Å². The maximum Gasteiger partial charge on any atom is 0.300 e. The van der Waals surface area contributed by atoms with Gasteiger partial charge in [-0.25, -0.2) is 0 Å². The largest absolute Gasteiger partial charge is 0.507 e. The van der Waals surface area contributed by atoms with Crippen molar-refractivity contribution in [3.8, 4) is 17.2 Å². The predicted molar refractivity (Wildman–Crippen MR) is 140 cm³/mol. The van der Waals surface area contributed by atoms with E-state index in [9.17, 15) is 14.7 Å². The van der Waals surface area contributed by atoms with Gasteiger partial charge in [0.2, 0.25) is 0 Å². The van der Waals surface area contributed by atoms with Crippen LogP contribution in [0.5, 0.6) is 17.2 Å². The van der Waals surface area contributed by atoms with Crippen molar-refractivity contribution in [2.75, 3.05) is 18.6 Å². The number of carbonyl (C=O) groups excluding carboxylic acids is 2. The van der Waals surface area contributed by atoms with Crippen LogP contribution in [-0.4, -0.2) is 36.6 Å². The smallest absolute Gasteiger partial charge is 0.300 e. The summed E-state index contributed by atoms with van der Waals surface area (Å²) in [4.78, 5) is 28.4. The summed E-state index contributed by atoms with van der Waals surface area (Å²) >= 11 is 0. The van der Waals surface area contributed by atoms with Crippen LogP contribution in [0.3, 0.4) is 0 Å². The number of benzene rings is 3. The lowest BCUT2D eigenvalue weighted by Crippen LogP contribution is -2.29. The number of aliphatic hydroxyl groups excluding tert-OH is 1. The van der Waals surface area contributed by atoms with Crippen LogP contribution in [0.2, 0.25) is 0 Å². The molecule has 2 aliphatic rings. The molecule has 2 heterocycles. The highest BCUT2D eigenvalue weighted by atomic mass is 16.5. The van der Waals surface area contributed by atoms with Gasteiger partial charge in [-0.1, -0.05) is 18.2 Å². The van der Waals surface area contributed by atoms with Crippen molar-refractivity contribution in [2.24, 2.45) is 0 Å². The second-order valence-electron chi connectivity index (χ2n) is 9.38. The molecule has 0 spiro atoms. The molecule has 0 aliphatic carbocycles. The molecule has 0 bridgehead atoms. The first-order chi connectivity index (χ1) is 17.9. The third-order valence-electron chi connectivity index (χ3n) is 6.50. The Balaban J connectivity index is 1.69. The van der Waals surface area contributed by atoms with E-state index in [-0.39, 0.29) is 17.4 Å². The number of aliphatic hydroxyl groups is 1. The molecule has 3 aromatic rings. The molecule has 0 saturated carbocycles. The van der Waals surface area contributed by atoms with E-state index in [1.54, 1.807) is 42.5 Å². The molecule has 0 aromatic heterocycles. The summed E-state index contributed by atoms with van der Waals surface area (Å²) in [5, 5.41) is 11.5. The summed E-state index contributed by atoms with van der Waals surface area (Å²) in [5.41, 5.74) is 2.57. The van der Waals surface area contributed by atoms with Crippen molar-refractivity contribution < 1.29 is 28.9 Å². The zero-order chi connectivity index (χ0) is 26.1. The number of aryl methyl sites for hydroxylation is 1. The van der Waals surface area contributed by atoms with E-state index in [0.717, 1.165) is 24.2 Å². The molecule has 1 N–H and O–H groups in total. The second-order valence-corrected chi connectivity index (χ2v) is 9.38. The Labute approximate surface area is 215 Å². The van der Waals surface area contributed by atoms with E-state index in [4.69, 9.17) is 14.2 Å². The minimum absolute atomic E-state index is 0.0196. The summed E-state index contributed by atoms with van der Waals surface area (Å²) in [6, 6.07) is 18.7. The van der Waals surface area contributed by atoms with Crippen LogP contribution in [0, 0.1) is 0 Å². The lowest BCUT2D eigenvalue weighted by atomic mass is 9.93. The molecule has 1 atom stereocenters. The zero-order valence-corrected chi connectivity index (χ0v) is 21.1. The van der Waals surface area contributed by atoms with E-state index in [0.29, 0.717) is 34.9 Å². The third kappa shape index (κ3) is 4.65. The number of ether oxygens (including phenoxy) is 3. The summed E-state index contributed by atoms with van der Waals surface area (Å²) in [6.45, 7) is 4.50. The Kier molecular flexibility index (Phi) is 6.61. The maximum atomic E-state index is 13.5. The fourth-order valence-corrected chi connectivity index (χ4v) is 4.87. The van der Waals surface area contributed by atoms with Gasteiger partial charge in [0.05, 0.1) is 31.4 Å². The van der Waals surface area contributed by atoms with Crippen molar-refractivity contribution in [2.45, 2.75) is 38.8 Å². The second kappa shape index (κ2) is 10.0. The number of ketones is 1. The monoisotopic (exact) mass is 499 g/mol. The van der Waals surface area contributed by atoms with Crippen molar-refractivity contribution in [3.05, 3.63) is 89.0 Å². The molecular formula is C30H29NO6. The van der Waals surface area contributed by atoms with Gasteiger partial charge in [-0.05, 0) is 80.3 Å². The van der Waals surface area contributed by atoms with Crippen molar-refractivity contribution in [3.63, 3.8) is 0 Å². The Morgan fingerprint density at radius 3 is 2.59 bits per heavy atom. The first kappa shape index (κ1) is 24.4. The Morgan fingerprint density at radius 2 is 1.81 bits per heavy atom. The Bertz CT molecular complexity index is 1390. The SMILES string of the molecule is COc1cccc(N2C(=O)C(=O)/C(=C(\O)c3ccc4c(c3)CCCO4)C2c2cccc(OC(C)C)c2)c1. The minimum atomic E-state index is -0.866. The van der Waals surface area contributed by atoms with Crippen LogP contribution in [-0.2, 0) is 16.0 Å². The minimum Gasteiger partial charge on any atom is -0.507 e. The van der Waals surface area contributed by atoms with E-state index in [1.807, 2.05) is 38.1 Å². The summed E-state index contributed by atoms with van der Waals surface area (Å²) in [5.74, 6) is 0.220. The molecule has 190 valence electrons. The van der Waals surface area contributed by atoms with Crippen LogP contribution in [0.1, 0.15) is 43.0 Å². The molecule has 7 heteroatoms. The standard InChI is InChI=1S/C30H29NO6/c1-18(2)37-24-11-4-7-20(16-24)27-26(28(32)21-12-13-25-19(15-21)8-6-14-36-25)29(33)30(34)31(27)22-9-5-10-23(17-22)35-3/h4-5,7,9-13,15-18,27,32H,6,8,14H2,1-3H3/b28-26-. The number of rotatable bonds is 6. The van der Waals surface area contributed by atoms with E-state index in [2.05, 4.69) is 0 Å². The van der Waals surface area contributed by atoms with Gasteiger partial charge in [-0.3, -0.25) is 14.5 Å². The number of methoxy groups -OCH3 is 1. The third-order valence-corrected chi connectivity index (χ3v) is 6.50. The Morgan fingerprint density at radius 1 is 1.03 bits per heavy atom. The molecule has 1 unspecified atom stereocenters. The lowest BCUT2D eigenvalue weighted by Gasteiger charge is -2.26. The number of Topliss-reactive ketones (excluding diaryl/α,β-unsaturated/α-hetero) is 1. The van der Waals surface area contributed by atoms with Crippen LogP contribution < -0.4 is 19.1 Å². The van der Waals surface area contributed by atoms with Crippen LogP contribution in [0.25, 0.3) is 5.76 Å². The summed E-state index contributed by atoms with van der Waals surface area (Å²) in [6.07, 6.45) is 1.63. The molecule has 0 radical (unpaired) electrons. The molecule has 1 fully saturated rings. The average molecular weight is 500 g/mol. The molecule has 1 saturated heterocycles. The molecule has 5 rings (SSSR count). The van der Waals surface area contributed by atoms with Crippen LogP contribution in [0.4, 0.5) is 5.69 Å². The number of anilines is 1. The quantitative estimate of drug-likeness (QED) is 0.276. The van der Waals surface area contributed by atoms with Crippen molar-refractivity contribution >= 4 is 23.1 Å². The zero-order valence-electron chi connectivity index (χ0n) is 21.1. The fraction of sp³-hybridized carbons (Fsp3) is 0.267. The molecule has 1 amide bonds. The topological polar surface area (TPSA) is 85.3 Å². The normalized spacial score (nSPS) is 18.5. The van der Waals surface area contributed by atoms with Gasteiger partial charge < -0.3 is 19.3 Å². The predicted octanol–water partition coefficient (Wildman–Crippen LogP) is 5.43. The highest BCUT2D eigenvalue weighted by Crippen LogP contribution is 2.44. The number of carbonyl (C=O) groups is 2. The molecule has 2 aliphatic heterocycles. The molecule has 7 nitrogen and oxygen atoms in total. The summed E-state index contributed by atoms with van der Waals surface area (Å²) < 4.78 is 16.9. The average Bonchev–Trinajstić information content (AvgIpc) is 3.18. The van der Waals surface area contributed by atoms with Crippen molar-refractivity contribution in [1.29, 1.82) is 0 Å². The Hall–Kier alpha value is -4.26. The molecule has 37 heavy (non-hydrogen) atoms. The van der Waals surface area contributed by atoms with Gasteiger partial charge in [0.15, 0.2) is 0 Å². The highest BCUT2D eigenvalue weighted by Gasteiger charge is 2.47. The number of fused-ring (bicyclic) bond motifs is 1. The molecule has 3 aromatic carbocycles. The van der Waals surface area contributed by atoms with E-state index < -0.39 is 17.7 Å². The van der Waals surface area contributed by atoms with Gasteiger partial charge in [-0.15, -0.1) is 0 Å². The first-order valence-corrected chi connectivity index (χ1v) is 12.3. The van der Waals surface area contributed by atoms with Gasteiger partial charge in [0.1, 0.15) is 23.0 Å². The van der Waals surface area contributed by atoms with Crippen LogP contribution >= 0.6 is 0 Å². The highest BCUT2D eigenvalue weighted by molar-refractivity contribution is 6.51. The summed E-state index contributed by atoms with van der Waals surface area (Å²) in [7, 11) is 1.54. The fourth-order valence-electron chi connectivity index (χ4n) is 4.87. The maximum absolute atomic E-state index is 13.5. The van der Waals surface area contributed by atoms with Gasteiger partial charge in [0, 0.05) is 17.3 Å². The lowest BCUT2D eigenvalue weighted by molar-refractivity contribution is -0.132. The number of nitrogens with zero attached hydrogens (tertiary/aromatic N) is 1.